The van der Waals surface area contributed by atoms with Crippen LogP contribution in [0.1, 0.15) is 17.3 Å². The predicted molar refractivity (Wildman–Crippen MR) is 58.1 cm³/mol. The van der Waals surface area contributed by atoms with E-state index in [1.54, 1.807) is 6.92 Å². The monoisotopic (exact) mass is 275 g/mol. The maximum Gasteiger partial charge on any atom is 0.252 e. The number of carbonyl (C=O) groups is 1. The Kier molecular flexibility index (Phi) is 4.23. The number of benzene rings is 1. The standard InChI is InChI=1S/C10H11BrFNO2/c1-6(14)5-13-10(15)8-4-7(12)2-3-9(8)11/h2-4,6,14H,5H2,1H3,(H,13,15)/t6-/m0/s1. The predicted octanol–water partition coefficient (Wildman–Crippen LogP) is 1.70. The van der Waals surface area contributed by atoms with Crippen LogP contribution in [-0.2, 0) is 0 Å². The van der Waals surface area contributed by atoms with E-state index in [1.165, 1.54) is 12.1 Å². The molecule has 1 aromatic rings. The fourth-order valence-corrected chi connectivity index (χ4v) is 1.43. The summed E-state index contributed by atoms with van der Waals surface area (Å²) in [5, 5.41) is 11.5. The normalized spacial score (nSPS) is 12.3. The van der Waals surface area contributed by atoms with E-state index in [0.29, 0.717) is 4.47 Å². The molecule has 82 valence electrons. The number of rotatable bonds is 3. The molecule has 3 nitrogen and oxygen atoms in total. The molecule has 1 rings (SSSR count). The molecule has 0 saturated carbocycles. The Morgan fingerprint density at radius 2 is 2.33 bits per heavy atom. The van der Waals surface area contributed by atoms with Crippen LogP contribution in [0.25, 0.3) is 0 Å². The Hall–Kier alpha value is -0.940. The second kappa shape index (κ2) is 5.23. The lowest BCUT2D eigenvalue weighted by atomic mass is 10.2. The second-order valence-electron chi connectivity index (χ2n) is 3.18. The number of hydrogen-bond acceptors (Lipinski definition) is 2. The minimum atomic E-state index is -0.624. The van der Waals surface area contributed by atoms with E-state index in [0.717, 1.165) is 6.07 Å². The van der Waals surface area contributed by atoms with Crippen molar-refractivity contribution in [2.45, 2.75) is 13.0 Å². The lowest BCUT2D eigenvalue weighted by Gasteiger charge is -2.08. The summed E-state index contributed by atoms with van der Waals surface area (Å²) >= 11 is 3.15. The number of aliphatic hydroxyl groups is 1. The Morgan fingerprint density at radius 3 is 2.93 bits per heavy atom. The van der Waals surface area contributed by atoms with E-state index in [2.05, 4.69) is 21.2 Å². The SMILES string of the molecule is C[C@H](O)CNC(=O)c1cc(F)ccc1Br. The van der Waals surface area contributed by atoms with Crippen LogP contribution in [0.15, 0.2) is 22.7 Å². The molecule has 0 fully saturated rings. The van der Waals surface area contributed by atoms with Gasteiger partial charge in [-0.05, 0) is 41.1 Å². The van der Waals surface area contributed by atoms with Gasteiger partial charge in [0.2, 0.25) is 0 Å². The smallest absolute Gasteiger partial charge is 0.252 e. The van der Waals surface area contributed by atoms with E-state index in [9.17, 15) is 9.18 Å². The van der Waals surface area contributed by atoms with Crippen LogP contribution in [-0.4, -0.2) is 23.7 Å². The topological polar surface area (TPSA) is 49.3 Å². The van der Waals surface area contributed by atoms with Gasteiger partial charge in [0.1, 0.15) is 5.82 Å². The summed E-state index contributed by atoms with van der Waals surface area (Å²) in [6.07, 6.45) is -0.624. The zero-order valence-electron chi connectivity index (χ0n) is 8.13. The first-order valence-corrected chi connectivity index (χ1v) is 5.21. The molecular formula is C10H11BrFNO2. The van der Waals surface area contributed by atoms with Crippen LogP contribution in [0.5, 0.6) is 0 Å². The van der Waals surface area contributed by atoms with Gasteiger partial charge in [-0.1, -0.05) is 0 Å². The van der Waals surface area contributed by atoms with Gasteiger partial charge in [-0.15, -0.1) is 0 Å². The van der Waals surface area contributed by atoms with Gasteiger partial charge in [0, 0.05) is 11.0 Å². The van der Waals surface area contributed by atoms with E-state index in [-0.39, 0.29) is 12.1 Å². The summed E-state index contributed by atoms with van der Waals surface area (Å²) in [6, 6.07) is 3.86. The van der Waals surface area contributed by atoms with Crippen molar-refractivity contribution < 1.29 is 14.3 Å². The van der Waals surface area contributed by atoms with Crippen LogP contribution in [0.4, 0.5) is 4.39 Å². The van der Waals surface area contributed by atoms with E-state index in [4.69, 9.17) is 5.11 Å². The highest BCUT2D eigenvalue weighted by atomic mass is 79.9. The summed E-state index contributed by atoms with van der Waals surface area (Å²) in [5.41, 5.74) is 0.218. The van der Waals surface area contributed by atoms with Gasteiger partial charge in [0.05, 0.1) is 11.7 Å². The molecule has 2 N–H and O–H groups in total. The summed E-state index contributed by atoms with van der Waals surface area (Å²) < 4.78 is 13.4. The zero-order chi connectivity index (χ0) is 11.4. The Labute approximate surface area is 95.4 Å². The summed E-state index contributed by atoms with van der Waals surface area (Å²) in [4.78, 5) is 11.5. The van der Waals surface area contributed by atoms with Gasteiger partial charge < -0.3 is 10.4 Å². The van der Waals surface area contributed by atoms with Gasteiger partial charge >= 0.3 is 0 Å². The lowest BCUT2D eigenvalue weighted by molar-refractivity contribution is 0.0923. The van der Waals surface area contributed by atoms with Crippen molar-refractivity contribution >= 4 is 21.8 Å². The van der Waals surface area contributed by atoms with Crippen molar-refractivity contribution in [1.29, 1.82) is 0 Å². The van der Waals surface area contributed by atoms with E-state index >= 15 is 0 Å². The Balaban J connectivity index is 2.77. The molecule has 1 aromatic carbocycles. The molecule has 0 spiro atoms. The molecule has 0 aromatic heterocycles. The molecule has 0 heterocycles. The first-order chi connectivity index (χ1) is 7.00. The molecule has 0 aliphatic carbocycles. The summed E-state index contributed by atoms with van der Waals surface area (Å²) in [7, 11) is 0. The largest absolute Gasteiger partial charge is 0.392 e. The highest BCUT2D eigenvalue weighted by molar-refractivity contribution is 9.10. The average Bonchev–Trinajstić information content (AvgIpc) is 2.18. The summed E-state index contributed by atoms with van der Waals surface area (Å²) in [6.45, 7) is 1.70. The Morgan fingerprint density at radius 1 is 1.67 bits per heavy atom. The third-order valence-electron chi connectivity index (χ3n) is 1.73. The molecule has 0 aliphatic rings. The number of nitrogens with one attached hydrogen (secondary N) is 1. The van der Waals surface area contributed by atoms with Crippen LogP contribution in [0, 0.1) is 5.82 Å². The first-order valence-electron chi connectivity index (χ1n) is 4.42. The molecule has 0 aliphatic heterocycles. The number of halogens is 2. The van der Waals surface area contributed by atoms with Crippen molar-refractivity contribution in [3.63, 3.8) is 0 Å². The molecule has 1 atom stereocenters. The van der Waals surface area contributed by atoms with Crippen LogP contribution in [0.2, 0.25) is 0 Å². The van der Waals surface area contributed by atoms with Gasteiger partial charge in [-0.2, -0.15) is 0 Å². The molecule has 0 radical (unpaired) electrons. The first kappa shape index (κ1) is 12.1. The van der Waals surface area contributed by atoms with Crippen molar-refractivity contribution in [3.8, 4) is 0 Å². The lowest BCUT2D eigenvalue weighted by Crippen LogP contribution is -2.30. The van der Waals surface area contributed by atoms with Crippen LogP contribution >= 0.6 is 15.9 Å². The molecule has 1 amide bonds. The van der Waals surface area contributed by atoms with Crippen LogP contribution in [0.3, 0.4) is 0 Å². The molecule has 0 bridgehead atoms. The maximum absolute atomic E-state index is 12.9. The number of hydrogen-bond donors (Lipinski definition) is 2. The van der Waals surface area contributed by atoms with Gasteiger partial charge in [-0.3, -0.25) is 4.79 Å². The van der Waals surface area contributed by atoms with E-state index in [1.807, 2.05) is 0 Å². The fraction of sp³-hybridized carbons (Fsp3) is 0.300. The average molecular weight is 276 g/mol. The van der Waals surface area contributed by atoms with Crippen LogP contribution < -0.4 is 5.32 Å². The van der Waals surface area contributed by atoms with Crippen molar-refractivity contribution in [3.05, 3.63) is 34.1 Å². The zero-order valence-corrected chi connectivity index (χ0v) is 9.71. The van der Waals surface area contributed by atoms with Gasteiger partial charge in [0.25, 0.3) is 5.91 Å². The third-order valence-corrected chi connectivity index (χ3v) is 2.42. The number of carbonyl (C=O) groups excluding carboxylic acids is 1. The Bertz CT molecular complexity index is 368. The highest BCUT2D eigenvalue weighted by Crippen LogP contribution is 2.17. The van der Waals surface area contributed by atoms with E-state index < -0.39 is 17.8 Å². The fourth-order valence-electron chi connectivity index (χ4n) is 1.01. The molecule has 0 saturated heterocycles. The molecule has 0 unspecified atom stereocenters. The maximum atomic E-state index is 12.9. The highest BCUT2D eigenvalue weighted by Gasteiger charge is 2.11. The quantitative estimate of drug-likeness (QED) is 0.882. The van der Waals surface area contributed by atoms with Gasteiger partial charge in [-0.25, -0.2) is 4.39 Å². The van der Waals surface area contributed by atoms with Crippen molar-refractivity contribution in [2.24, 2.45) is 0 Å². The van der Waals surface area contributed by atoms with Gasteiger partial charge in [0.15, 0.2) is 0 Å². The van der Waals surface area contributed by atoms with Crippen molar-refractivity contribution in [1.82, 2.24) is 5.32 Å². The minimum Gasteiger partial charge on any atom is -0.392 e. The molecule has 15 heavy (non-hydrogen) atoms. The number of aliphatic hydroxyl groups excluding tert-OH is 1. The number of amides is 1. The summed E-state index contributed by atoms with van der Waals surface area (Å²) in [5.74, 6) is -0.886. The second-order valence-corrected chi connectivity index (χ2v) is 4.04. The van der Waals surface area contributed by atoms with Crippen molar-refractivity contribution in [2.75, 3.05) is 6.54 Å². The minimum absolute atomic E-state index is 0.141. The molecule has 5 heteroatoms. The third kappa shape index (κ3) is 3.60. The molecular weight excluding hydrogens is 265 g/mol.